The molecule has 6 heteroatoms. The van der Waals surface area contributed by atoms with Crippen LogP contribution in [0.4, 0.5) is 4.39 Å². The Kier molecular flexibility index (Phi) is 6.43. The van der Waals surface area contributed by atoms with Gasteiger partial charge in [-0.1, -0.05) is 42.0 Å². The number of piperazine rings is 1. The highest BCUT2D eigenvalue weighted by atomic mass is 19.1. The Morgan fingerprint density at radius 3 is 2.32 bits per heavy atom. The van der Waals surface area contributed by atoms with Gasteiger partial charge in [0.25, 0.3) is 0 Å². The van der Waals surface area contributed by atoms with Gasteiger partial charge in [0.1, 0.15) is 5.82 Å². The van der Waals surface area contributed by atoms with Crippen LogP contribution >= 0.6 is 0 Å². The Morgan fingerprint density at radius 2 is 1.62 bits per heavy atom. The highest BCUT2D eigenvalue weighted by Crippen LogP contribution is 2.60. The molecule has 2 aromatic carbocycles. The second kappa shape index (κ2) is 9.49. The largest absolute Gasteiger partial charge is 0.342 e. The van der Waals surface area contributed by atoms with E-state index in [9.17, 15) is 14.0 Å². The van der Waals surface area contributed by atoms with E-state index >= 15 is 0 Å². The Labute approximate surface area is 201 Å². The molecule has 1 aliphatic carbocycles. The molecule has 1 spiro atoms. The molecule has 180 valence electrons. The summed E-state index contributed by atoms with van der Waals surface area (Å²) in [6.07, 6.45) is 3.29. The van der Waals surface area contributed by atoms with E-state index in [2.05, 4.69) is 11.0 Å². The lowest BCUT2D eigenvalue weighted by Gasteiger charge is -2.36. The average Bonchev–Trinajstić information content (AvgIpc) is 3.52. The summed E-state index contributed by atoms with van der Waals surface area (Å²) in [5.74, 6) is 0.410. The number of benzene rings is 2. The number of piperidine rings is 1. The smallest absolute Gasteiger partial charge is 0.226 e. The molecule has 2 heterocycles. The fourth-order valence-corrected chi connectivity index (χ4v) is 5.80. The first kappa shape index (κ1) is 23.0. The molecule has 3 fully saturated rings. The molecule has 2 saturated heterocycles. The zero-order chi connectivity index (χ0) is 23.7. The topological polar surface area (TPSA) is 43.9 Å². The number of carbonyl (C=O) groups is 2. The molecule has 5 rings (SSSR count). The lowest BCUT2D eigenvalue weighted by molar-refractivity contribution is -0.136. The molecule has 34 heavy (non-hydrogen) atoms. The molecule has 2 aliphatic heterocycles. The highest BCUT2D eigenvalue weighted by molar-refractivity contribution is 5.83. The van der Waals surface area contributed by atoms with E-state index in [4.69, 9.17) is 0 Å². The molecule has 2 aromatic rings. The van der Waals surface area contributed by atoms with Crippen LogP contribution in [-0.4, -0.2) is 65.8 Å². The van der Waals surface area contributed by atoms with Crippen molar-refractivity contribution in [3.05, 3.63) is 71.0 Å². The molecule has 2 amide bonds. The fourth-order valence-electron chi connectivity index (χ4n) is 5.80. The minimum absolute atomic E-state index is 0.107. The van der Waals surface area contributed by atoms with E-state index < -0.39 is 0 Å². The van der Waals surface area contributed by atoms with E-state index in [1.165, 1.54) is 11.6 Å². The minimum Gasteiger partial charge on any atom is -0.342 e. The first-order chi connectivity index (χ1) is 16.4. The zero-order valence-electron chi connectivity index (χ0n) is 20.0. The van der Waals surface area contributed by atoms with Gasteiger partial charge in [0.2, 0.25) is 11.8 Å². The summed E-state index contributed by atoms with van der Waals surface area (Å²) in [4.78, 5) is 32.3. The summed E-state index contributed by atoms with van der Waals surface area (Å²) in [7, 11) is 0. The number of nitrogens with zero attached hydrogens (tertiary/aromatic N) is 3. The van der Waals surface area contributed by atoms with Crippen molar-refractivity contribution in [2.45, 2.75) is 39.2 Å². The molecule has 3 aliphatic rings. The van der Waals surface area contributed by atoms with Crippen LogP contribution in [0.15, 0.2) is 48.5 Å². The molecular formula is C28H34FN3O2. The number of likely N-dealkylation sites (tertiary alicyclic amines) is 1. The molecule has 1 saturated carbocycles. The maximum atomic E-state index is 13.4. The van der Waals surface area contributed by atoms with Crippen molar-refractivity contribution < 1.29 is 14.0 Å². The van der Waals surface area contributed by atoms with Crippen molar-refractivity contribution in [2.24, 2.45) is 11.3 Å². The first-order valence-corrected chi connectivity index (χ1v) is 12.5. The van der Waals surface area contributed by atoms with Crippen molar-refractivity contribution >= 4 is 11.8 Å². The van der Waals surface area contributed by atoms with Crippen molar-refractivity contribution in [3.8, 4) is 0 Å². The van der Waals surface area contributed by atoms with Crippen LogP contribution in [0.3, 0.4) is 0 Å². The van der Waals surface area contributed by atoms with Crippen molar-refractivity contribution in [2.75, 3.05) is 39.3 Å². The van der Waals surface area contributed by atoms with Gasteiger partial charge in [-0.2, -0.15) is 0 Å². The van der Waals surface area contributed by atoms with Crippen LogP contribution in [0.2, 0.25) is 0 Å². The standard InChI is InChI=1S/C28H34FN3O2/c1-21-4-2-5-22(16-21)18-26(33)31-10-8-28(9-11-31)19-25(28)27(34)32-14-12-30(13-15-32)20-23-6-3-7-24(29)17-23/h2-7,16-17,25H,8-15,18-20H2,1H3/t25-/m1/s1. The molecule has 0 aromatic heterocycles. The summed E-state index contributed by atoms with van der Waals surface area (Å²) in [5, 5.41) is 0. The Balaban J connectivity index is 1.07. The number of halogens is 1. The van der Waals surface area contributed by atoms with Gasteiger partial charge in [0.15, 0.2) is 0 Å². The van der Waals surface area contributed by atoms with Crippen molar-refractivity contribution in [3.63, 3.8) is 0 Å². The number of aryl methyl sites for hydroxylation is 1. The average molecular weight is 464 g/mol. The lowest BCUT2D eigenvalue weighted by Crippen LogP contribution is -2.49. The van der Waals surface area contributed by atoms with E-state index in [-0.39, 0.29) is 23.1 Å². The summed E-state index contributed by atoms with van der Waals surface area (Å²) in [6, 6.07) is 14.9. The number of amides is 2. The lowest BCUT2D eigenvalue weighted by atomic mass is 9.90. The van der Waals surface area contributed by atoms with Gasteiger partial charge in [-0.15, -0.1) is 0 Å². The van der Waals surface area contributed by atoms with Crippen molar-refractivity contribution in [1.29, 1.82) is 0 Å². The van der Waals surface area contributed by atoms with Gasteiger partial charge in [0.05, 0.1) is 6.42 Å². The van der Waals surface area contributed by atoms with E-state index in [0.29, 0.717) is 12.3 Å². The summed E-state index contributed by atoms with van der Waals surface area (Å²) < 4.78 is 13.4. The van der Waals surface area contributed by atoms with Crippen LogP contribution in [0.25, 0.3) is 0 Å². The fraction of sp³-hybridized carbons (Fsp3) is 0.500. The molecule has 0 radical (unpaired) electrons. The van der Waals surface area contributed by atoms with Gasteiger partial charge in [-0.3, -0.25) is 14.5 Å². The second-order valence-corrected chi connectivity index (χ2v) is 10.4. The van der Waals surface area contributed by atoms with Crippen LogP contribution in [0.1, 0.15) is 36.0 Å². The maximum Gasteiger partial charge on any atom is 0.226 e. The van der Waals surface area contributed by atoms with Crippen LogP contribution in [-0.2, 0) is 22.6 Å². The molecule has 0 unspecified atom stereocenters. The maximum absolute atomic E-state index is 13.4. The quantitative estimate of drug-likeness (QED) is 0.680. The summed E-state index contributed by atoms with van der Waals surface area (Å²) >= 11 is 0. The van der Waals surface area contributed by atoms with Gasteiger partial charge >= 0.3 is 0 Å². The minimum atomic E-state index is -0.201. The van der Waals surface area contributed by atoms with Crippen LogP contribution in [0.5, 0.6) is 0 Å². The molecule has 1 atom stereocenters. The monoisotopic (exact) mass is 463 g/mol. The zero-order valence-corrected chi connectivity index (χ0v) is 20.0. The predicted molar refractivity (Wildman–Crippen MR) is 129 cm³/mol. The second-order valence-electron chi connectivity index (χ2n) is 10.4. The Morgan fingerprint density at radius 1 is 0.912 bits per heavy atom. The third-order valence-electron chi connectivity index (χ3n) is 8.02. The Hall–Kier alpha value is -2.73. The third kappa shape index (κ3) is 5.02. The van der Waals surface area contributed by atoms with E-state index in [1.54, 1.807) is 12.1 Å². The summed E-state index contributed by atoms with van der Waals surface area (Å²) in [6.45, 7) is 7.41. The van der Waals surface area contributed by atoms with E-state index in [0.717, 1.165) is 76.2 Å². The van der Waals surface area contributed by atoms with Crippen LogP contribution in [0, 0.1) is 24.1 Å². The normalized spacial score (nSPS) is 22.1. The first-order valence-electron chi connectivity index (χ1n) is 12.5. The molecule has 0 N–H and O–H groups in total. The molecule has 0 bridgehead atoms. The van der Waals surface area contributed by atoms with Crippen molar-refractivity contribution in [1.82, 2.24) is 14.7 Å². The number of hydrogen-bond donors (Lipinski definition) is 0. The van der Waals surface area contributed by atoms with E-state index in [1.807, 2.05) is 41.0 Å². The Bertz CT molecular complexity index is 1060. The number of rotatable bonds is 5. The number of hydrogen-bond acceptors (Lipinski definition) is 3. The third-order valence-corrected chi connectivity index (χ3v) is 8.02. The molecule has 5 nitrogen and oxygen atoms in total. The molecular weight excluding hydrogens is 429 g/mol. The summed E-state index contributed by atoms with van der Waals surface area (Å²) in [5.41, 5.74) is 3.33. The predicted octanol–water partition coefficient (Wildman–Crippen LogP) is 3.65. The number of carbonyl (C=O) groups excluding carboxylic acids is 2. The van der Waals surface area contributed by atoms with Gasteiger partial charge in [0, 0.05) is 51.7 Å². The van der Waals surface area contributed by atoms with Gasteiger partial charge in [-0.25, -0.2) is 4.39 Å². The van der Waals surface area contributed by atoms with Gasteiger partial charge < -0.3 is 9.80 Å². The highest BCUT2D eigenvalue weighted by Gasteiger charge is 2.59. The van der Waals surface area contributed by atoms with Crippen LogP contribution < -0.4 is 0 Å². The van der Waals surface area contributed by atoms with Gasteiger partial charge in [-0.05, 0) is 54.9 Å². The SMILES string of the molecule is Cc1cccc(CC(=O)N2CCC3(CC2)C[C@@H]3C(=O)N2CCN(Cc3cccc(F)c3)CC2)c1.